The second kappa shape index (κ2) is 6.37. The van der Waals surface area contributed by atoms with Crippen LogP contribution in [0, 0.1) is 0 Å². The van der Waals surface area contributed by atoms with E-state index >= 15 is 0 Å². The number of nitrogens with zero attached hydrogens (tertiary/aromatic N) is 2. The molecule has 0 aromatic rings. The lowest BCUT2D eigenvalue weighted by molar-refractivity contribution is 0.0621. The maximum atomic E-state index is 5.52. The van der Waals surface area contributed by atoms with E-state index in [1.165, 1.54) is 0 Å². The van der Waals surface area contributed by atoms with Gasteiger partial charge in [0.2, 0.25) is 0 Å². The molecule has 4 nitrogen and oxygen atoms in total. The van der Waals surface area contributed by atoms with E-state index in [9.17, 15) is 0 Å². The second-order valence-corrected chi connectivity index (χ2v) is 4.61. The first-order valence-corrected chi connectivity index (χ1v) is 5.78. The molecule has 1 heterocycles. The summed E-state index contributed by atoms with van der Waals surface area (Å²) in [4.78, 5) is 5.34. The molecular formula is C10H21N3OS. The average molecular weight is 231 g/mol. The Hall–Kier alpha value is -0.230. The highest BCUT2D eigenvalue weighted by molar-refractivity contribution is 7.80. The smallest absolute Gasteiger partial charge is 0.0870 e. The number of rotatable bonds is 5. The van der Waals surface area contributed by atoms with Crippen LogP contribution in [0.1, 0.15) is 6.92 Å². The molecule has 1 atom stereocenters. The zero-order valence-corrected chi connectivity index (χ0v) is 10.4. The summed E-state index contributed by atoms with van der Waals surface area (Å²) in [6.45, 7) is 8.00. The number of hydrogen-bond acceptors (Lipinski definition) is 4. The highest BCUT2D eigenvalue weighted by Gasteiger charge is 2.20. The molecule has 1 saturated heterocycles. The molecule has 0 aromatic heterocycles. The van der Waals surface area contributed by atoms with Gasteiger partial charge in [0, 0.05) is 45.9 Å². The van der Waals surface area contributed by atoms with E-state index in [1.807, 2.05) is 0 Å². The van der Waals surface area contributed by atoms with E-state index in [1.54, 1.807) is 7.11 Å². The maximum Gasteiger partial charge on any atom is 0.0870 e. The van der Waals surface area contributed by atoms with Gasteiger partial charge in [0.1, 0.15) is 0 Å². The molecular weight excluding hydrogens is 210 g/mol. The molecule has 1 unspecified atom stereocenters. The van der Waals surface area contributed by atoms with Crippen molar-refractivity contribution < 1.29 is 4.74 Å². The molecule has 0 aromatic carbocycles. The summed E-state index contributed by atoms with van der Waals surface area (Å²) in [6.07, 6.45) is 0. The fourth-order valence-corrected chi connectivity index (χ4v) is 2.11. The Labute approximate surface area is 97.3 Å². The number of hydrogen-bond donors (Lipinski definition) is 1. The van der Waals surface area contributed by atoms with Gasteiger partial charge in [-0.15, -0.1) is 0 Å². The summed E-state index contributed by atoms with van der Waals surface area (Å²) >= 11 is 4.90. The van der Waals surface area contributed by atoms with Crippen molar-refractivity contribution in [2.45, 2.75) is 13.0 Å². The minimum atomic E-state index is 0.502. The molecule has 0 bridgehead atoms. The Bertz CT molecular complexity index is 205. The second-order valence-electron chi connectivity index (χ2n) is 4.08. The molecule has 0 radical (unpaired) electrons. The van der Waals surface area contributed by atoms with Crippen LogP contribution in [-0.2, 0) is 4.74 Å². The van der Waals surface area contributed by atoms with Gasteiger partial charge in [-0.2, -0.15) is 0 Å². The Balaban J connectivity index is 2.26. The first-order chi connectivity index (χ1) is 7.13. The SMILES string of the molecule is COCC(C)N1CCN(CC(N)=S)CC1. The Morgan fingerprint density at radius 2 is 2.00 bits per heavy atom. The summed E-state index contributed by atoms with van der Waals surface area (Å²) < 4.78 is 5.15. The zero-order valence-electron chi connectivity index (χ0n) is 9.61. The van der Waals surface area contributed by atoms with Gasteiger partial charge < -0.3 is 10.5 Å². The van der Waals surface area contributed by atoms with Crippen LogP contribution in [0.3, 0.4) is 0 Å². The third-order valence-electron chi connectivity index (χ3n) is 2.82. The van der Waals surface area contributed by atoms with E-state index in [0.29, 0.717) is 11.0 Å². The van der Waals surface area contributed by atoms with Gasteiger partial charge in [-0.05, 0) is 6.92 Å². The van der Waals surface area contributed by atoms with Crippen molar-refractivity contribution in [3.63, 3.8) is 0 Å². The Kier molecular flexibility index (Phi) is 5.45. The minimum absolute atomic E-state index is 0.502. The lowest BCUT2D eigenvalue weighted by atomic mass is 10.2. The number of piperazine rings is 1. The van der Waals surface area contributed by atoms with E-state index in [4.69, 9.17) is 22.7 Å². The third-order valence-corrected chi connectivity index (χ3v) is 2.95. The van der Waals surface area contributed by atoms with E-state index < -0.39 is 0 Å². The molecule has 1 aliphatic heterocycles. The summed E-state index contributed by atoms with van der Waals surface area (Å²) in [7, 11) is 1.75. The van der Waals surface area contributed by atoms with Crippen LogP contribution in [0.15, 0.2) is 0 Å². The van der Waals surface area contributed by atoms with Gasteiger partial charge in [-0.1, -0.05) is 12.2 Å². The van der Waals surface area contributed by atoms with Crippen molar-refractivity contribution in [3.05, 3.63) is 0 Å². The standard InChI is InChI=1S/C10H21N3OS/c1-9(8-14-2)13-5-3-12(4-6-13)7-10(11)15/h9H,3-8H2,1-2H3,(H2,11,15). The molecule has 0 spiro atoms. The fourth-order valence-electron chi connectivity index (χ4n) is 1.93. The summed E-state index contributed by atoms with van der Waals surface area (Å²) in [6, 6.07) is 0.502. The van der Waals surface area contributed by atoms with E-state index in [-0.39, 0.29) is 0 Å². The quantitative estimate of drug-likeness (QED) is 0.671. The molecule has 5 heteroatoms. The highest BCUT2D eigenvalue weighted by atomic mass is 32.1. The van der Waals surface area contributed by atoms with Gasteiger partial charge in [0.15, 0.2) is 0 Å². The van der Waals surface area contributed by atoms with Gasteiger partial charge >= 0.3 is 0 Å². The van der Waals surface area contributed by atoms with Gasteiger partial charge in [-0.25, -0.2) is 0 Å². The van der Waals surface area contributed by atoms with Crippen LogP contribution in [-0.4, -0.2) is 67.3 Å². The average Bonchev–Trinajstić information content (AvgIpc) is 2.18. The van der Waals surface area contributed by atoms with Crippen LogP contribution < -0.4 is 5.73 Å². The molecule has 0 amide bonds. The number of ether oxygens (including phenoxy) is 1. The topological polar surface area (TPSA) is 41.7 Å². The molecule has 0 aliphatic carbocycles. The molecule has 1 rings (SSSR count). The molecule has 1 fully saturated rings. The predicted octanol–water partition coefficient (Wildman–Crippen LogP) is -0.0750. The number of nitrogens with two attached hydrogens (primary N) is 1. The van der Waals surface area contributed by atoms with Crippen molar-refractivity contribution in [3.8, 4) is 0 Å². The first-order valence-electron chi connectivity index (χ1n) is 5.37. The number of thiocarbonyl (C=S) groups is 1. The third kappa shape index (κ3) is 4.42. The number of methoxy groups -OCH3 is 1. The van der Waals surface area contributed by atoms with Crippen LogP contribution in [0.2, 0.25) is 0 Å². The normalized spacial score (nSPS) is 21.5. The predicted molar refractivity (Wildman–Crippen MR) is 66.1 cm³/mol. The minimum Gasteiger partial charge on any atom is -0.392 e. The van der Waals surface area contributed by atoms with Crippen LogP contribution in [0.5, 0.6) is 0 Å². The molecule has 1 aliphatic rings. The molecule has 2 N–H and O–H groups in total. The van der Waals surface area contributed by atoms with Gasteiger partial charge in [0.05, 0.1) is 11.6 Å². The summed E-state index contributed by atoms with van der Waals surface area (Å²) in [5.41, 5.74) is 5.52. The van der Waals surface area contributed by atoms with Crippen molar-refractivity contribution in [1.82, 2.24) is 9.80 Å². The summed E-state index contributed by atoms with van der Waals surface area (Å²) in [5.74, 6) is 0. The monoisotopic (exact) mass is 231 g/mol. The molecule has 88 valence electrons. The van der Waals surface area contributed by atoms with Crippen LogP contribution in [0.4, 0.5) is 0 Å². The first kappa shape index (κ1) is 12.8. The van der Waals surface area contributed by atoms with Gasteiger partial charge in [-0.3, -0.25) is 9.80 Å². The molecule has 15 heavy (non-hydrogen) atoms. The van der Waals surface area contributed by atoms with Crippen molar-refractivity contribution in [1.29, 1.82) is 0 Å². The zero-order chi connectivity index (χ0) is 11.3. The lowest BCUT2D eigenvalue weighted by Gasteiger charge is -2.37. The highest BCUT2D eigenvalue weighted by Crippen LogP contribution is 2.06. The Morgan fingerprint density at radius 3 is 2.47 bits per heavy atom. The van der Waals surface area contributed by atoms with Crippen molar-refractivity contribution >= 4 is 17.2 Å². The Morgan fingerprint density at radius 1 is 1.40 bits per heavy atom. The lowest BCUT2D eigenvalue weighted by Crippen LogP contribution is -2.52. The van der Waals surface area contributed by atoms with Crippen LogP contribution in [0.25, 0.3) is 0 Å². The maximum absolute atomic E-state index is 5.52. The summed E-state index contributed by atoms with van der Waals surface area (Å²) in [5, 5.41) is 0. The fraction of sp³-hybridized carbons (Fsp3) is 0.900. The van der Waals surface area contributed by atoms with Crippen LogP contribution >= 0.6 is 12.2 Å². The van der Waals surface area contributed by atoms with Gasteiger partial charge in [0.25, 0.3) is 0 Å². The van der Waals surface area contributed by atoms with Crippen molar-refractivity contribution in [2.75, 3.05) is 46.4 Å². The largest absolute Gasteiger partial charge is 0.392 e. The molecule has 0 saturated carbocycles. The van der Waals surface area contributed by atoms with E-state index in [2.05, 4.69) is 16.7 Å². The van der Waals surface area contributed by atoms with Crippen molar-refractivity contribution in [2.24, 2.45) is 5.73 Å². The van der Waals surface area contributed by atoms with E-state index in [0.717, 1.165) is 39.3 Å².